The van der Waals surface area contributed by atoms with E-state index in [1.54, 1.807) is 23.3 Å². The molecule has 180 valence electrons. The van der Waals surface area contributed by atoms with Gasteiger partial charge in [0.25, 0.3) is 0 Å². The Hall–Kier alpha value is -1.18. The number of rotatable bonds is 4. The quantitative estimate of drug-likeness (QED) is 0.254. The minimum absolute atomic E-state index is 0. The first-order valence-corrected chi connectivity index (χ1v) is 17.4. The Bertz CT molecular complexity index is 950. The third kappa shape index (κ3) is 9.82. The third-order valence-electron chi connectivity index (χ3n) is 5.76. The van der Waals surface area contributed by atoms with Crippen LogP contribution in [-0.2, 0) is 34.2 Å². The van der Waals surface area contributed by atoms with E-state index in [4.69, 9.17) is 0 Å². The van der Waals surface area contributed by atoms with Crippen LogP contribution in [0.25, 0.3) is 0 Å². The van der Waals surface area contributed by atoms with Crippen molar-refractivity contribution in [3.8, 4) is 0 Å². The Labute approximate surface area is 235 Å². The van der Waals surface area contributed by atoms with Crippen LogP contribution in [0.3, 0.4) is 0 Å². The average molecular weight is 587 g/mol. The second-order valence-electron chi connectivity index (χ2n) is 9.33. The van der Waals surface area contributed by atoms with Gasteiger partial charge in [0.1, 0.15) is 0 Å². The van der Waals surface area contributed by atoms with Crippen LogP contribution in [0.15, 0.2) is 109 Å². The van der Waals surface area contributed by atoms with Crippen LogP contribution in [0.4, 0.5) is 0 Å². The molecular formula is C30H36Cl2SiZr-2. The maximum atomic E-state index is 2.31. The van der Waals surface area contributed by atoms with Crippen LogP contribution in [0, 0.1) is 0 Å². The summed E-state index contributed by atoms with van der Waals surface area (Å²) in [6, 6.07) is 38.4. The van der Waals surface area contributed by atoms with E-state index in [2.05, 4.69) is 150 Å². The Kier molecular flexibility index (Phi) is 15.2. The molecule has 0 saturated carbocycles. The fourth-order valence-electron chi connectivity index (χ4n) is 3.62. The maximum absolute atomic E-state index is 2.31. The maximum Gasteiger partial charge on any atom is -1.00 e. The van der Waals surface area contributed by atoms with Gasteiger partial charge in [-0.15, -0.1) is 11.1 Å². The fourth-order valence-corrected chi connectivity index (χ4v) is 3.62. The van der Waals surface area contributed by atoms with Crippen LogP contribution in [0.1, 0.15) is 49.9 Å². The van der Waals surface area contributed by atoms with E-state index in [0.29, 0.717) is 0 Å². The molecule has 0 aromatic heterocycles. The van der Waals surface area contributed by atoms with Gasteiger partial charge in [0.05, 0.1) is 0 Å². The SMILES string of the molecule is CC(C)(c1ccccc1)[c-]1cccc1.CC(C)(c1ccccc1)[c-]1cccc1.C[Si](C)=[Zr+2].[Cl-].[Cl-]. The molecule has 0 aliphatic heterocycles. The minimum atomic E-state index is 0. The van der Waals surface area contributed by atoms with Crippen molar-refractivity contribution < 1.29 is 48.1 Å². The van der Waals surface area contributed by atoms with Gasteiger partial charge in [0, 0.05) is 0 Å². The number of hydrogen-bond donors (Lipinski definition) is 0. The van der Waals surface area contributed by atoms with Crippen molar-refractivity contribution in [3.05, 3.63) is 131 Å². The summed E-state index contributed by atoms with van der Waals surface area (Å²) in [6.45, 7) is 13.7. The monoisotopic (exact) mass is 584 g/mol. The van der Waals surface area contributed by atoms with Crippen LogP contribution < -0.4 is 24.8 Å². The van der Waals surface area contributed by atoms with Gasteiger partial charge in [-0.1, -0.05) is 88.4 Å². The Morgan fingerprint density at radius 3 is 1.00 bits per heavy atom. The summed E-state index contributed by atoms with van der Waals surface area (Å²) < 4.78 is 0. The van der Waals surface area contributed by atoms with E-state index in [9.17, 15) is 0 Å². The molecule has 0 heterocycles. The summed E-state index contributed by atoms with van der Waals surface area (Å²) in [6.07, 6.45) is 0. The van der Waals surface area contributed by atoms with E-state index in [-0.39, 0.29) is 41.1 Å². The Balaban J connectivity index is 0.000000528. The van der Waals surface area contributed by atoms with E-state index < -0.39 is 0 Å². The molecule has 0 spiro atoms. The molecule has 0 nitrogen and oxygen atoms in total. The van der Waals surface area contributed by atoms with Gasteiger partial charge >= 0.3 is 41.9 Å². The van der Waals surface area contributed by atoms with Crippen LogP contribution >= 0.6 is 0 Å². The summed E-state index contributed by atoms with van der Waals surface area (Å²) in [4.78, 5) is 0. The van der Waals surface area contributed by atoms with Crippen molar-refractivity contribution in [1.29, 1.82) is 0 Å². The second-order valence-corrected chi connectivity index (χ2v) is 18.7. The van der Waals surface area contributed by atoms with Gasteiger partial charge in [-0.25, -0.2) is 24.3 Å². The largest absolute Gasteiger partial charge is 1.00 e. The predicted molar refractivity (Wildman–Crippen MR) is 139 cm³/mol. The predicted octanol–water partition coefficient (Wildman–Crippen LogP) is 2.26. The van der Waals surface area contributed by atoms with E-state index in [0.717, 1.165) is 0 Å². The molecule has 0 N–H and O–H groups in total. The summed E-state index contributed by atoms with van der Waals surface area (Å²) in [5.41, 5.74) is 5.93. The molecule has 4 aromatic rings. The van der Waals surface area contributed by atoms with Crippen LogP contribution in [0.5, 0.6) is 0 Å². The second kappa shape index (κ2) is 15.7. The molecule has 4 aromatic carbocycles. The smallest absolute Gasteiger partial charge is 1.00 e. The van der Waals surface area contributed by atoms with Crippen molar-refractivity contribution in [3.63, 3.8) is 0 Å². The fraction of sp³-hybridized carbons (Fsp3) is 0.267. The molecule has 0 aliphatic rings. The molecule has 34 heavy (non-hydrogen) atoms. The zero-order valence-electron chi connectivity index (χ0n) is 21.1. The number of halogens is 2. The van der Waals surface area contributed by atoms with E-state index >= 15 is 0 Å². The van der Waals surface area contributed by atoms with Crippen LogP contribution in [0.2, 0.25) is 13.1 Å². The van der Waals surface area contributed by atoms with Crippen molar-refractivity contribution in [2.45, 2.75) is 51.6 Å². The molecule has 0 aliphatic carbocycles. The molecule has 0 saturated heterocycles. The van der Waals surface area contributed by atoms with Crippen molar-refractivity contribution in [2.24, 2.45) is 0 Å². The first kappa shape index (κ1) is 32.8. The molecule has 0 fully saturated rings. The van der Waals surface area contributed by atoms with Crippen molar-refractivity contribution in [2.75, 3.05) is 0 Å². The van der Waals surface area contributed by atoms with Crippen molar-refractivity contribution in [1.82, 2.24) is 0 Å². The average Bonchev–Trinajstić information content (AvgIpc) is 3.50. The van der Waals surface area contributed by atoms with Gasteiger partial charge in [-0.05, 0) is 22.0 Å². The molecular weight excluding hydrogens is 551 g/mol. The molecule has 4 heteroatoms. The number of benzene rings is 2. The topological polar surface area (TPSA) is 0 Å². The van der Waals surface area contributed by atoms with Gasteiger partial charge in [-0.2, -0.15) is 24.3 Å². The Morgan fingerprint density at radius 2 is 0.765 bits per heavy atom. The Morgan fingerprint density at radius 1 is 0.529 bits per heavy atom. The van der Waals surface area contributed by atoms with Gasteiger partial charge in [0.2, 0.25) is 0 Å². The summed E-state index contributed by atoms with van der Waals surface area (Å²) >= 11 is 1.74. The normalized spacial score (nSPS) is 10.4. The van der Waals surface area contributed by atoms with Gasteiger partial charge < -0.3 is 24.8 Å². The molecule has 0 unspecified atom stereocenters. The van der Waals surface area contributed by atoms with E-state index in [1.165, 1.54) is 22.3 Å². The van der Waals surface area contributed by atoms with Gasteiger partial charge in [0.15, 0.2) is 0 Å². The zero-order chi connectivity index (χ0) is 23.6. The van der Waals surface area contributed by atoms with E-state index in [1.807, 2.05) is 0 Å². The molecule has 0 radical (unpaired) electrons. The molecule has 0 atom stereocenters. The molecule has 0 bridgehead atoms. The summed E-state index contributed by atoms with van der Waals surface area (Å²) in [5, 5.41) is 0. The van der Waals surface area contributed by atoms with Crippen LogP contribution in [-0.4, -0.2) is 5.43 Å². The molecule has 0 amide bonds. The number of hydrogen-bond acceptors (Lipinski definition) is 0. The van der Waals surface area contributed by atoms with Gasteiger partial charge in [-0.3, -0.25) is 0 Å². The van der Waals surface area contributed by atoms with Crippen molar-refractivity contribution >= 4 is 5.43 Å². The summed E-state index contributed by atoms with van der Waals surface area (Å²) in [5.74, 6) is 0. The minimum Gasteiger partial charge on any atom is -1.00 e. The standard InChI is InChI=1S/2C14H15.C2H6Si.2ClH.Zr/c2*1-14(2,13-10-6-7-11-13)12-8-4-3-5-9-12;1-3-2;;;/h2*3-11H,1-2H3;1-2H3;2*1H;/q2*-1;;;;+2/p-2. The summed E-state index contributed by atoms with van der Waals surface area (Å²) in [7, 11) is 0. The third-order valence-corrected chi connectivity index (χ3v) is 5.76. The first-order valence-electron chi connectivity index (χ1n) is 11.2. The first-order chi connectivity index (χ1) is 15.2. The molecule has 4 rings (SSSR count). The zero-order valence-corrected chi connectivity index (χ0v) is 26.1.